The number of hydrogen-bond acceptors (Lipinski definition) is 2. The van der Waals surface area contributed by atoms with Gasteiger partial charge in [0.05, 0.1) is 5.41 Å². The van der Waals surface area contributed by atoms with E-state index in [-0.39, 0.29) is 0 Å². The maximum Gasteiger partial charge on any atom is 0.310 e. The summed E-state index contributed by atoms with van der Waals surface area (Å²) in [5, 5.41) is 9.77. The summed E-state index contributed by atoms with van der Waals surface area (Å²) in [7, 11) is 0. The Morgan fingerprint density at radius 3 is 2.10 bits per heavy atom. The molecule has 0 aliphatic heterocycles. The zero-order valence-electron chi connectivity index (χ0n) is 13.8. The van der Waals surface area contributed by atoms with Gasteiger partial charge in [-0.05, 0) is 31.6 Å². The Labute approximate surface area is 124 Å². The Balaban J connectivity index is 2.86. The fourth-order valence-electron chi connectivity index (χ4n) is 3.67. The smallest absolute Gasteiger partial charge is 0.310 e. The molecule has 1 fully saturated rings. The lowest BCUT2D eigenvalue weighted by molar-refractivity contribution is -0.153. The molecule has 0 saturated heterocycles. The van der Waals surface area contributed by atoms with Crippen molar-refractivity contribution in [1.82, 2.24) is 4.90 Å². The molecule has 1 aliphatic rings. The molecule has 1 aliphatic carbocycles. The Morgan fingerprint density at radius 1 is 1.15 bits per heavy atom. The largest absolute Gasteiger partial charge is 0.481 e. The fourth-order valence-corrected chi connectivity index (χ4v) is 3.67. The number of carboxylic acids is 1. The first kappa shape index (κ1) is 17.5. The van der Waals surface area contributed by atoms with Crippen molar-refractivity contribution in [3.63, 3.8) is 0 Å². The third-order valence-corrected chi connectivity index (χ3v) is 4.83. The van der Waals surface area contributed by atoms with Crippen LogP contribution in [0.1, 0.15) is 72.6 Å². The third-order valence-electron chi connectivity index (χ3n) is 4.83. The minimum Gasteiger partial charge on any atom is -0.481 e. The first-order chi connectivity index (χ1) is 9.45. The molecule has 0 unspecified atom stereocenters. The van der Waals surface area contributed by atoms with Crippen LogP contribution >= 0.6 is 0 Å². The Bertz CT molecular complexity index is 291. The summed E-state index contributed by atoms with van der Waals surface area (Å²) in [6.07, 6.45) is 7.28. The summed E-state index contributed by atoms with van der Waals surface area (Å²) < 4.78 is 0. The van der Waals surface area contributed by atoms with E-state index in [0.717, 1.165) is 51.6 Å². The summed E-state index contributed by atoms with van der Waals surface area (Å²) in [6.45, 7) is 10.6. The van der Waals surface area contributed by atoms with Crippen LogP contribution in [-0.4, -0.2) is 35.1 Å². The van der Waals surface area contributed by atoms with Crippen LogP contribution < -0.4 is 0 Å². The van der Waals surface area contributed by atoms with Crippen molar-refractivity contribution in [3.8, 4) is 0 Å². The van der Waals surface area contributed by atoms with Gasteiger partial charge in [0, 0.05) is 19.1 Å². The zero-order chi connectivity index (χ0) is 15.2. The van der Waals surface area contributed by atoms with E-state index in [4.69, 9.17) is 0 Å². The van der Waals surface area contributed by atoms with E-state index in [2.05, 4.69) is 32.6 Å². The first-order valence-corrected chi connectivity index (χ1v) is 8.42. The lowest BCUT2D eigenvalue weighted by Crippen LogP contribution is -2.49. The monoisotopic (exact) mass is 283 g/mol. The van der Waals surface area contributed by atoms with Gasteiger partial charge in [-0.15, -0.1) is 0 Å². The molecule has 20 heavy (non-hydrogen) atoms. The van der Waals surface area contributed by atoms with Gasteiger partial charge in [0.15, 0.2) is 0 Å². The molecule has 0 atom stereocenters. The molecule has 1 saturated carbocycles. The van der Waals surface area contributed by atoms with Gasteiger partial charge in [0.1, 0.15) is 0 Å². The number of aliphatic carboxylic acids is 1. The van der Waals surface area contributed by atoms with Crippen LogP contribution in [0.15, 0.2) is 0 Å². The molecule has 0 aromatic carbocycles. The molecule has 1 rings (SSSR count). The molecule has 0 heterocycles. The van der Waals surface area contributed by atoms with Crippen molar-refractivity contribution in [2.24, 2.45) is 11.3 Å². The summed E-state index contributed by atoms with van der Waals surface area (Å²) >= 11 is 0. The van der Waals surface area contributed by atoms with E-state index >= 15 is 0 Å². The number of carbonyl (C=O) groups is 1. The number of hydrogen-bond donors (Lipinski definition) is 1. The van der Waals surface area contributed by atoms with E-state index in [0.29, 0.717) is 12.0 Å². The van der Waals surface area contributed by atoms with Crippen molar-refractivity contribution < 1.29 is 9.90 Å². The average Bonchev–Trinajstić information content (AvgIpc) is 2.40. The topological polar surface area (TPSA) is 40.5 Å². The van der Waals surface area contributed by atoms with Gasteiger partial charge in [-0.3, -0.25) is 9.69 Å². The molecular weight excluding hydrogens is 250 g/mol. The van der Waals surface area contributed by atoms with Gasteiger partial charge in [-0.2, -0.15) is 0 Å². The second-order valence-corrected chi connectivity index (χ2v) is 6.94. The lowest BCUT2D eigenvalue weighted by Gasteiger charge is -2.41. The van der Waals surface area contributed by atoms with Crippen LogP contribution in [0, 0.1) is 11.3 Å². The van der Waals surface area contributed by atoms with Crippen LogP contribution in [0.25, 0.3) is 0 Å². The molecule has 3 heteroatoms. The highest BCUT2D eigenvalue weighted by atomic mass is 16.4. The predicted molar refractivity (Wildman–Crippen MR) is 83.9 cm³/mol. The standard InChI is InChI=1S/C17H33NO2/c1-5-15(6-2)18(12-14(3)4)13-17(16(19)20)10-8-7-9-11-17/h14-15H,5-13H2,1-4H3,(H,19,20). The maximum atomic E-state index is 11.9. The maximum absolute atomic E-state index is 11.9. The molecule has 1 N–H and O–H groups in total. The van der Waals surface area contributed by atoms with E-state index < -0.39 is 11.4 Å². The predicted octanol–water partition coefficient (Wildman–Crippen LogP) is 4.17. The van der Waals surface area contributed by atoms with E-state index in [1.54, 1.807) is 0 Å². The molecule has 0 aromatic rings. The normalized spacial score (nSPS) is 18.9. The minimum absolute atomic E-state index is 0.490. The van der Waals surface area contributed by atoms with Crippen molar-refractivity contribution in [2.45, 2.75) is 78.7 Å². The molecule has 0 spiro atoms. The lowest BCUT2D eigenvalue weighted by atomic mass is 9.73. The van der Waals surface area contributed by atoms with E-state index in [9.17, 15) is 9.90 Å². The van der Waals surface area contributed by atoms with Gasteiger partial charge >= 0.3 is 5.97 Å². The van der Waals surface area contributed by atoms with Gasteiger partial charge in [0.2, 0.25) is 0 Å². The van der Waals surface area contributed by atoms with Crippen molar-refractivity contribution in [1.29, 1.82) is 0 Å². The molecule has 0 radical (unpaired) electrons. The minimum atomic E-state index is -0.572. The Hall–Kier alpha value is -0.570. The molecular formula is C17H33NO2. The highest BCUT2D eigenvalue weighted by molar-refractivity contribution is 5.75. The van der Waals surface area contributed by atoms with Crippen molar-refractivity contribution in [2.75, 3.05) is 13.1 Å². The van der Waals surface area contributed by atoms with Crippen LogP contribution in [0.2, 0.25) is 0 Å². The van der Waals surface area contributed by atoms with Gasteiger partial charge in [-0.25, -0.2) is 0 Å². The van der Waals surface area contributed by atoms with Crippen LogP contribution in [0.3, 0.4) is 0 Å². The number of nitrogens with zero attached hydrogens (tertiary/aromatic N) is 1. The van der Waals surface area contributed by atoms with E-state index in [1.165, 1.54) is 6.42 Å². The highest BCUT2D eigenvalue weighted by Crippen LogP contribution is 2.38. The average molecular weight is 283 g/mol. The van der Waals surface area contributed by atoms with Gasteiger partial charge in [0.25, 0.3) is 0 Å². The van der Waals surface area contributed by atoms with Crippen LogP contribution in [0.5, 0.6) is 0 Å². The first-order valence-electron chi connectivity index (χ1n) is 8.42. The second-order valence-electron chi connectivity index (χ2n) is 6.94. The molecule has 0 amide bonds. The zero-order valence-corrected chi connectivity index (χ0v) is 13.8. The summed E-state index contributed by atoms with van der Waals surface area (Å²) in [5.41, 5.74) is -0.490. The van der Waals surface area contributed by atoms with Crippen molar-refractivity contribution >= 4 is 5.97 Å². The Kier molecular flexibility index (Phi) is 7.01. The molecule has 0 bridgehead atoms. The number of carboxylic acid groups (broad SMARTS) is 1. The molecule has 118 valence electrons. The molecule has 3 nitrogen and oxygen atoms in total. The van der Waals surface area contributed by atoms with Crippen LogP contribution in [-0.2, 0) is 4.79 Å². The summed E-state index contributed by atoms with van der Waals surface area (Å²) in [6, 6.07) is 0.524. The van der Waals surface area contributed by atoms with Gasteiger partial charge < -0.3 is 5.11 Å². The van der Waals surface area contributed by atoms with Crippen LogP contribution in [0.4, 0.5) is 0 Å². The quantitative estimate of drug-likeness (QED) is 0.727. The third kappa shape index (κ3) is 4.47. The summed E-state index contributed by atoms with van der Waals surface area (Å²) in [5.74, 6) is 0.0157. The molecule has 0 aromatic heterocycles. The van der Waals surface area contributed by atoms with Gasteiger partial charge in [-0.1, -0.05) is 47.0 Å². The van der Waals surface area contributed by atoms with E-state index in [1.807, 2.05) is 0 Å². The highest BCUT2D eigenvalue weighted by Gasteiger charge is 2.41. The summed E-state index contributed by atoms with van der Waals surface area (Å²) in [4.78, 5) is 14.3. The Morgan fingerprint density at radius 2 is 1.70 bits per heavy atom. The van der Waals surface area contributed by atoms with Crippen molar-refractivity contribution in [3.05, 3.63) is 0 Å². The SMILES string of the molecule is CCC(CC)N(CC(C)C)CC1(C(=O)O)CCCCC1. The fraction of sp³-hybridized carbons (Fsp3) is 0.941. The second kappa shape index (κ2) is 8.02. The number of rotatable bonds is 8.